The van der Waals surface area contributed by atoms with E-state index in [9.17, 15) is 5.11 Å². The van der Waals surface area contributed by atoms with Crippen molar-refractivity contribution in [2.45, 2.75) is 51.0 Å². The summed E-state index contributed by atoms with van der Waals surface area (Å²) in [6, 6.07) is 0. The molecule has 72 valence electrons. The molecular weight excluding hydrogens is 216 g/mol. The van der Waals surface area contributed by atoms with Gasteiger partial charge in [-0.05, 0) is 30.6 Å². The second-order valence-electron chi connectivity index (χ2n) is 4.96. The summed E-state index contributed by atoms with van der Waals surface area (Å²) in [5, 5.41) is 9.51. The van der Waals surface area contributed by atoms with E-state index in [1.54, 1.807) is 0 Å². The fraction of sp³-hybridized carbons (Fsp3) is 1.00. The van der Waals surface area contributed by atoms with E-state index < -0.39 is 0 Å². The Morgan fingerprint density at radius 3 is 2.25 bits per heavy atom. The van der Waals surface area contributed by atoms with E-state index in [1.807, 2.05) is 0 Å². The highest BCUT2D eigenvalue weighted by molar-refractivity contribution is 9.09. The van der Waals surface area contributed by atoms with Crippen LogP contribution in [0.3, 0.4) is 0 Å². The van der Waals surface area contributed by atoms with Crippen LogP contribution >= 0.6 is 15.9 Å². The molecule has 0 aliphatic heterocycles. The van der Waals surface area contributed by atoms with Crippen molar-refractivity contribution >= 4 is 15.9 Å². The molecule has 0 aromatic rings. The summed E-state index contributed by atoms with van der Waals surface area (Å²) in [6.45, 7) is 6.86. The van der Waals surface area contributed by atoms with Gasteiger partial charge in [-0.15, -0.1) is 0 Å². The third kappa shape index (κ3) is 2.46. The van der Waals surface area contributed by atoms with E-state index in [4.69, 9.17) is 0 Å². The van der Waals surface area contributed by atoms with Crippen molar-refractivity contribution < 1.29 is 5.11 Å². The maximum Gasteiger partial charge on any atom is 0.0665 e. The summed E-state index contributed by atoms with van der Waals surface area (Å²) < 4.78 is 0. The lowest BCUT2D eigenvalue weighted by molar-refractivity contribution is 0.0806. The van der Waals surface area contributed by atoms with Gasteiger partial charge in [-0.25, -0.2) is 0 Å². The van der Waals surface area contributed by atoms with Crippen molar-refractivity contribution in [1.82, 2.24) is 0 Å². The molecule has 1 aliphatic rings. The molecule has 12 heavy (non-hydrogen) atoms. The summed E-state index contributed by atoms with van der Waals surface area (Å²) in [5.41, 5.74) is 0.395. The Morgan fingerprint density at radius 2 is 1.83 bits per heavy atom. The Bertz CT molecular complexity index is 150. The standard InChI is InChI=1S/C10H19BrO/c1-10(2,3)7-4-5-9(12)8(11)6-7/h7-9,12H,4-6H2,1-3H3/t7-,8+,9+/m0/s1. The second kappa shape index (κ2) is 3.67. The maximum atomic E-state index is 9.51. The molecule has 0 radical (unpaired) electrons. The number of hydrogen-bond donors (Lipinski definition) is 1. The lowest BCUT2D eigenvalue weighted by Gasteiger charge is -2.38. The van der Waals surface area contributed by atoms with Crippen LogP contribution in [0.1, 0.15) is 40.0 Å². The van der Waals surface area contributed by atoms with Crippen molar-refractivity contribution in [3.63, 3.8) is 0 Å². The van der Waals surface area contributed by atoms with Gasteiger partial charge in [0.1, 0.15) is 0 Å². The molecule has 3 atom stereocenters. The summed E-state index contributed by atoms with van der Waals surface area (Å²) in [4.78, 5) is 0.315. The van der Waals surface area contributed by atoms with Crippen molar-refractivity contribution in [3.8, 4) is 0 Å². The first-order chi connectivity index (χ1) is 5.41. The monoisotopic (exact) mass is 234 g/mol. The fourth-order valence-electron chi connectivity index (χ4n) is 1.89. The maximum absolute atomic E-state index is 9.51. The number of aliphatic hydroxyl groups excluding tert-OH is 1. The smallest absolute Gasteiger partial charge is 0.0665 e. The van der Waals surface area contributed by atoms with Crippen LogP contribution < -0.4 is 0 Å². The zero-order chi connectivity index (χ0) is 9.35. The van der Waals surface area contributed by atoms with Crippen LogP contribution in [0.2, 0.25) is 0 Å². The molecule has 0 spiro atoms. The molecule has 1 rings (SSSR count). The molecule has 0 amide bonds. The van der Waals surface area contributed by atoms with Gasteiger partial charge in [-0.1, -0.05) is 36.7 Å². The summed E-state index contributed by atoms with van der Waals surface area (Å²) in [5.74, 6) is 0.755. The number of rotatable bonds is 0. The zero-order valence-electron chi connectivity index (χ0n) is 8.18. The highest BCUT2D eigenvalue weighted by Gasteiger charge is 2.33. The van der Waals surface area contributed by atoms with Crippen LogP contribution in [0, 0.1) is 11.3 Å². The van der Waals surface area contributed by atoms with Gasteiger partial charge in [0.15, 0.2) is 0 Å². The summed E-state index contributed by atoms with van der Waals surface area (Å²) in [7, 11) is 0. The molecule has 1 saturated carbocycles. The van der Waals surface area contributed by atoms with Gasteiger partial charge < -0.3 is 5.11 Å². The Kier molecular flexibility index (Phi) is 3.21. The summed E-state index contributed by atoms with van der Waals surface area (Å²) in [6.07, 6.45) is 3.12. The van der Waals surface area contributed by atoms with Gasteiger partial charge in [0, 0.05) is 4.83 Å². The van der Waals surface area contributed by atoms with Gasteiger partial charge in [-0.2, -0.15) is 0 Å². The third-order valence-electron chi connectivity index (χ3n) is 2.96. The van der Waals surface area contributed by atoms with Crippen LogP contribution in [0.5, 0.6) is 0 Å². The van der Waals surface area contributed by atoms with Crippen molar-refractivity contribution in [1.29, 1.82) is 0 Å². The average molecular weight is 235 g/mol. The van der Waals surface area contributed by atoms with Gasteiger partial charge >= 0.3 is 0 Å². The van der Waals surface area contributed by atoms with Crippen molar-refractivity contribution in [3.05, 3.63) is 0 Å². The van der Waals surface area contributed by atoms with E-state index in [0.29, 0.717) is 10.2 Å². The first kappa shape index (κ1) is 10.5. The van der Waals surface area contributed by atoms with Crippen LogP contribution in [0.15, 0.2) is 0 Å². The lowest BCUT2D eigenvalue weighted by Crippen LogP contribution is -2.34. The number of aliphatic hydroxyl groups is 1. The topological polar surface area (TPSA) is 20.2 Å². The van der Waals surface area contributed by atoms with Crippen molar-refractivity contribution in [2.24, 2.45) is 11.3 Å². The van der Waals surface area contributed by atoms with Gasteiger partial charge in [0.2, 0.25) is 0 Å². The molecule has 1 aliphatic carbocycles. The number of alkyl halides is 1. The lowest BCUT2D eigenvalue weighted by atomic mass is 9.72. The third-order valence-corrected chi connectivity index (χ3v) is 3.95. The van der Waals surface area contributed by atoms with E-state index in [0.717, 1.165) is 18.8 Å². The molecule has 1 N–H and O–H groups in total. The SMILES string of the molecule is CC(C)(C)[C@H]1CC[C@@H](O)[C@H](Br)C1. The molecule has 0 saturated heterocycles. The van der Waals surface area contributed by atoms with Crippen LogP contribution in [0.25, 0.3) is 0 Å². The number of halogens is 1. The zero-order valence-corrected chi connectivity index (χ0v) is 9.76. The minimum atomic E-state index is -0.122. The Hall–Kier alpha value is 0.440. The predicted molar refractivity (Wildman–Crippen MR) is 55.5 cm³/mol. The normalized spacial score (nSPS) is 38.2. The Morgan fingerprint density at radius 1 is 1.25 bits per heavy atom. The summed E-state index contributed by atoms with van der Waals surface area (Å²) >= 11 is 3.54. The molecule has 0 aromatic heterocycles. The molecule has 0 bridgehead atoms. The minimum absolute atomic E-state index is 0.122. The predicted octanol–water partition coefficient (Wildman–Crippen LogP) is 2.96. The highest BCUT2D eigenvalue weighted by Crippen LogP contribution is 2.39. The highest BCUT2D eigenvalue weighted by atomic mass is 79.9. The molecule has 1 nitrogen and oxygen atoms in total. The van der Waals surface area contributed by atoms with E-state index in [1.165, 1.54) is 6.42 Å². The molecule has 1 fully saturated rings. The van der Waals surface area contributed by atoms with Gasteiger partial charge in [0.25, 0.3) is 0 Å². The van der Waals surface area contributed by atoms with Crippen LogP contribution in [-0.2, 0) is 0 Å². The van der Waals surface area contributed by atoms with E-state index >= 15 is 0 Å². The van der Waals surface area contributed by atoms with Crippen molar-refractivity contribution in [2.75, 3.05) is 0 Å². The fourth-order valence-corrected chi connectivity index (χ4v) is 2.60. The molecule has 0 heterocycles. The Labute approximate surface area is 83.7 Å². The first-order valence-corrected chi connectivity index (χ1v) is 5.65. The van der Waals surface area contributed by atoms with Gasteiger partial charge in [-0.3, -0.25) is 0 Å². The van der Waals surface area contributed by atoms with Crippen LogP contribution in [-0.4, -0.2) is 16.0 Å². The number of hydrogen-bond acceptors (Lipinski definition) is 1. The quantitative estimate of drug-likeness (QED) is 0.640. The molecule has 2 heteroatoms. The molecular formula is C10H19BrO. The largest absolute Gasteiger partial charge is 0.392 e. The van der Waals surface area contributed by atoms with E-state index in [-0.39, 0.29) is 6.10 Å². The molecule has 0 aromatic carbocycles. The van der Waals surface area contributed by atoms with Gasteiger partial charge in [0.05, 0.1) is 6.10 Å². The minimum Gasteiger partial charge on any atom is -0.392 e. The van der Waals surface area contributed by atoms with E-state index in [2.05, 4.69) is 36.7 Å². The second-order valence-corrected chi connectivity index (χ2v) is 6.14. The Balaban J connectivity index is 2.51. The van der Waals surface area contributed by atoms with Crippen LogP contribution in [0.4, 0.5) is 0 Å². The average Bonchev–Trinajstić information content (AvgIpc) is 1.92. The first-order valence-electron chi connectivity index (χ1n) is 4.73. The molecule has 0 unspecified atom stereocenters.